The van der Waals surface area contributed by atoms with Crippen LogP contribution >= 0.6 is 0 Å². The molecule has 2 aromatic heterocycles. The second-order valence-electron chi connectivity index (χ2n) is 6.05. The second kappa shape index (κ2) is 8.42. The molecule has 2 amide bonds. The fourth-order valence-electron chi connectivity index (χ4n) is 2.50. The van der Waals surface area contributed by atoms with Gasteiger partial charge in [-0.2, -0.15) is 4.98 Å². The topological polar surface area (TPSA) is 133 Å². The van der Waals surface area contributed by atoms with Crippen molar-refractivity contribution in [2.24, 2.45) is 5.73 Å². The number of carbonyl (C=O) groups is 3. The first-order valence-corrected chi connectivity index (χ1v) is 8.55. The number of nitrogens with two attached hydrogens (primary N) is 1. The van der Waals surface area contributed by atoms with Crippen molar-refractivity contribution in [2.45, 2.75) is 13.3 Å². The van der Waals surface area contributed by atoms with Gasteiger partial charge in [0.05, 0.1) is 0 Å². The third-order valence-corrected chi connectivity index (χ3v) is 3.96. The summed E-state index contributed by atoms with van der Waals surface area (Å²) in [6, 6.07) is 6.77. The number of primary amides is 1. The molecule has 3 aromatic rings. The summed E-state index contributed by atoms with van der Waals surface area (Å²) in [5.41, 5.74) is 6.19. The molecule has 29 heavy (non-hydrogen) atoms. The Balaban J connectivity index is 1.71. The highest BCUT2D eigenvalue weighted by Gasteiger charge is 2.21. The van der Waals surface area contributed by atoms with Crippen LogP contribution in [0.3, 0.4) is 0 Å². The van der Waals surface area contributed by atoms with Crippen molar-refractivity contribution in [2.75, 3.05) is 18.1 Å². The molecule has 150 valence electrons. The number of nitrogens with zero attached hydrogens (tertiary/aromatic N) is 5. The Morgan fingerprint density at radius 2 is 1.93 bits per heavy atom. The van der Waals surface area contributed by atoms with Gasteiger partial charge >= 0.3 is 5.97 Å². The number of carbonyl (C=O) groups excluding carboxylic acids is 3. The maximum atomic E-state index is 13.2. The summed E-state index contributed by atoms with van der Waals surface area (Å²) in [5, 5.41) is 4.00. The molecule has 0 saturated carbocycles. The molecule has 11 heteroatoms. The first-order valence-electron chi connectivity index (χ1n) is 8.55. The zero-order valence-corrected chi connectivity index (χ0v) is 15.4. The first-order chi connectivity index (χ1) is 13.8. The van der Waals surface area contributed by atoms with Gasteiger partial charge < -0.3 is 15.4 Å². The maximum absolute atomic E-state index is 13.2. The van der Waals surface area contributed by atoms with Crippen molar-refractivity contribution in [3.63, 3.8) is 0 Å². The Hall–Kier alpha value is -3.89. The maximum Gasteiger partial charge on any atom is 0.378 e. The number of aromatic nitrogens is 4. The average molecular weight is 400 g/mol. The van der Waals surface area contributed by atoms with E-state index in [0.29, 0.717) is 11.4 Å². The minimum Gasteiger partial charge on any atom is -0.450 e. The molecule has 0 aliphatic carbocycles. The van der Waals surface area contributed by atoms with Crippen LogP contribution in [0.2, 0.25) is 0 Å². The molecular formula is C18H17FN6O4. The molecule has 0 saturated heterocycles. The molecular weight excluding hydrogens is 383 g/mol. The number of benzene rings is 1. The van der Waals surface area contributed by atoms with E-state index in [1.165, 1.54) is 39.9 Å². The molecule has 0 unspecified atom stereocenters. The number of halogens is 1. The van der Waals surface area contributed by atoms with E-state index in [0.717, 1.165) is 0 Å². The molecule has 0 bridgehead atoms. The Kier molecular flexibility index (Phi) is 5.77. The number of esters is 1. The van der Waals surface area contributed by atoms with Crippen LogP contribution in [-0.2, 0) is 14.3 Å². The lowest BCUT2D eigenvalue weighted by Gasteiger charge is -2.22. The van der Waals surface area contributed by atoms with Gasteiger partial charge in [-0.3, -0.25) is 9.59 Å². The summed E-state index contributed by atoms with van der Waals surface area (Å²) in [6.45, 7) is 1.09. The van der Waals surface area contributed by atoms with Crippen LogP contribution in [0, 0.1) is 12.7 Å². The largest absolute Gasteiger partial charge is 0.450 e. The third kappa shape index (κ3) is 4.69. The summed E-state index contributed by atoms with van der Waals surface area (Å²) in [5.74, 6) is -2.65. The smallest absolute Gasteiger partial charge is 0.378 e. The lowest BCUT2D eigenvalue weighted by Crippen LogP contribution is -2.37. The number of aryl methyl sites for hydroxylation is 1. The second-order valence-corrected chi connectivity index (χ2v) is 6.05. The predicted molar refractivity (Wildman–Crippen MR) is 98.4 cm³/mol. The van der Waals surface area contributed by atoms with Gasteiger partial charge in [0, 0.05) is 30.5 Å². The Morgan fingerprint density at radius 3 is 2.59 bits per heavy atom. The van der Waals surface area contributed by atoms with E-state index in [2.05, 4.69) is 15.1 Å². The molecule has 2 heterocycles. The van der Waals surface area contributed by atoms with Gasteiger partial charge in [0.25, 0.3) is 17.5 Å². The molecule has 1 aromatic carbocycles. The Labute approximate surface area is 164 Å². The monoisotopic (exact) mass is 400 g/mol. The van der Waals surface area contributed by atoms with Crippen molar-refractivity contribution in [1.82, 2.24) is 19.6 Å². The third-order valence-electron chi connectivity index (χ3n) is 3.96. The van der Waals surface area contributed by atoms with Crippen LogP contribution in [0.4, 0.5) is 10.1 Å². The van der Waals surface area contributed by atoms with E-state index >= 15 is 0 Å². The Morgan fingerprint density at radius 1 is 1.21 bits per heavy atom. The normalized spacial score (nSPS) is 10.7. The average Bonchev–Trinajstić information content (AvgIpc) is 3.13. The van der Waals surface area contributed by atoms with Gasteiger partial charge in [0.1, 0.15) is 5.82 Å². The minimum atomic E-state index is -0.905. The molecule has 3 rings (SSSR count). The van der Waals surface area contributed by atoms with Gasteiger partial charge in [-0.15, -0.1) is 5.10 Å². The minimum absolute atomic E-state index is 0.0485. The highest BCUT2D eigenvalue weighted by Crippen LogP contribution is 2.16. The lowest BCUT2D eigenvalue weighted by molar-refractivity contribution is -0.121. The van der Waals surface area contributed by atoms with Crippen molar-refractivity contribution in [3.8, 4) is 0 Å². The highest BCUT2D eigenvalue weighted by atomic mass is 19.1. The number of hydrogen-bond acceptors (Lipinski definition) is 7. The summed E-state index contributed by atoms with van der Waals surface area (Å²) in [6.07, 6.45) is 1.41. The predicted octanol–water partition coefficient (Wildman–Crippen LogP) is 0.637. The molecule has 0 aliphatic rings. The molecule has 0 aliphatic heterocycles. The number of anilines is 1. The van der Waals surface area contributed by atoms with Crippen LogP contribution in [0.25, 0.3) is 5.78 Å². The van der Waals surface area contributed by atoms with E-state index in [9.17, 15) is 18.8 Å². The van der Waals surface area contributed by atoms with Crippen molar-refractivity contribution in [1.29, 1.82) is 0 Å². The van der Waals surface area contributed by atoms with Crippen LogP contribution in [0.5, 0.6) is 0 Å². The van der Waals surface area contributed by atoms with Crippen molar-refractivity contribution in [3.05, 3.63) is 53.9 Å². The molecule has 0 radical (unpaired) electrons. The van der Waals surface area contributed by atoms with Crippen LogP contribution in [0.1, 0.15) is 22.7 Å². The fraction of sp³-hybridized carbons (Fsp3) is 0.222. The van der Waals surface area contributed by atoms with Gasteiger partial charge in [-0.05, 0) is 37.3 Å². The van der Waals surface area contributed by atoms with Gasteiger partial charge in [0.2, 0.25) is 5.91 Å². The van der Waals surface area contributed by atoms with Crippen LogP contribution in [-0.4, -0.2) is 50.5 Å². The summed E-state index contributed by atoms with van der Waals surface area (Å²) in [7, 11) is 0. The Bertz CT molecular complexity index is 1070. The van der Waals surface area contributed by atoms with E-state index in [1.807, 2.05) is 0 Å². The molecule has 0 atom stereocenters. The number of amides is 2. The zero-order chi connectivity index (χ0) is 21.0. The number of hydrogen-bond donors (Lipinski definition) is 1. The summed E-state index contributed by atoms with van der Waals surface area (Å²) < 4.78 is 19.5. The van der Waals surface area contributed by atoms with Crippen molar-refractivity contribution < 1.29 is 23.5 Å². The molecule has 2 N–H and O–H groups in total. The summed E-state index contributed by atoms with van der Waals surface area (Å²) in [4.78, 5) is 45.0. The van der Waals surface area contributed by atoms with Crippen LogP contribution < -0.4 is 10.6 Å². The zero-order valence-electron chi connectivity index (χ0n) is 15.4. The van der Waals surface area contributed by atoms with E-state index in [4.69, 9.17) is 10.5 Å². The van der Waals surface area contributed by atoms with Gasteiger partial charge in [-0.1, -0.05) is 0 Å². The van der Waals surface area contributed by atoms with E-state index < -0.39 is 30.2 Å². The standard InChI is InChI=1S/C18H17FN6O4/c1-11-6-8-21-18-22-16(23-25(11)18)17(28)29-10-15(27)24(9-7-14(20)26)13-4-2-12(19)3-5-13/h2-6,8H,7,9-10H2,1H3,(H2,20,26). The van der Waals surface area contributed by atoms with Gasteiger partial charge in [-0.25, -0.2) is 18.7 Å². The first kappa shape index (κ1) is 19.9. The highest BCUT2D eigenvalue weighted by molar-refractivity contribution is 5.96. The number of fused-ring (bicyclic) bond motifs is 1. The number of rotatable bonds is 7. The van der Waals surface area contributed by atoms with E-state index in [1.54, 1.807) is 13.0 Å². The fourth-order valence-corrected chi connectivity index (χ4v) is 2.50. The quantitative estimate of drug-likeness (QED) is 0.575. The van der Waals surface area contributed by atoms with Crippen molar-refractivity contribution >= 4 is 29.2 Å². The molecule has 10 nitrogen and oxygen atoms in total. The molecule has 0 spiro atoms. The number of ether oxygens (including phenoxy) is 1. The SMILES string of the molecule is Cc1ccnc2nc(C(=O)OCC(=O)N(CCC(N)=O)c3ccc(F)cc3)nn12. The molecule has 0 fully saturated rings. The van der Waals surface area contributed by atoms with Gasteiger partial charge in [0.15, 0.2) is 6.61 Å². The lowest BCUT2D eigenvalue weighted by atomic mass is 10.2. The van der Waals surface area contributed by atoms with E-state index in [-0.39, 0.29) is 24.6 Å². The van der Waals surface area contributed by atoms with Crippen LogP contribution in [0.15, 0.2) is 36.5 Å². The summed E-state index contributed by atoms with van der Waals surface area (Å²) >= 11 is 0.